The third-order valence-electron chi connectivity index (χ3n) is 2.11. The van der Waals surface area contributed by atoms with Crippen molar-refractivity contribution >= 4 is 23.2 Å². The predicted octanol–water partition coefficient (Wildman–Crippen LogP) is 0.206. The number of carbonyl (C=O) groups is 1. The van der Waals surface area contributed by atoms with Gasteiger partial charge in [0, 0.05) is 6.54 Å². The zero-order valence-electron chi connectivity index (χ0n) is 6.82. The Morgan fingerprint density at radius 2 is 2.08 bits per heavy atom. The number of hydrogen-bond acceptors (Lipinski definition) is 2. The van der Waals surface area contributed by atoms with Gasteiger partial charge in [0.1, 0.15) is 0 Å². The predicted molar refractivity (Wildman–Crippen MR) is 50.7 cm³/mol. The largest absolute Gasteiger partial charge is 0.392 e. The lowest BCUT2D eigenvalue weighted by atomic mass is 10.0. The Morgan fingerprint density at radius 1 is 1.42 bits per heavy atom. The van der Waals surface area contributed by atoms with E-state index < -0.39 is 6.03 Å². The molecule has 12 heavy (non-hydrogen) atoms. The summed E-state index contributed by atoms with van der Waals surface area (Å²) in [6.07, 6.45) is 2.89. The maximum absolute atomic E-state index is 10.9. The van der Waals surface area contributed by atoms with E-state index in [4.69, 9.17) is 23.7 Å². The van der Waals surface area contributed by atoms with E-state index in [0.29, 0.717) is 11.5 Å². The van der Waals surface area contributed by atoms with Crippen LogP contribution >= 0.6 is 12.2 Å². The molecule has 0 bridgehead atoms. The van der Waals surface area contributed by atoms with E-state index in [9.17, 15) is 4.79 Å². The lowest BCUT2D eigenvalue weighted by Crippen LogP contribution is -2.51. The van der Waals surface area contributed by atoms with Gasteiger partial charge in [0.05, 0.1) is 11.0 Å². The van der Waals surface area contributed by atoms with Crippen molar-refractivity contribution < 1.29 is 4.79 Å². The molecule has 1 fully saturated rings. The zero-order chi connectivity index (χ0) is 9.14. The molecule has 0 aromatic carbocycles. The van der Waals surface area contributed by atoms with Crippen LogP contribution in [0.5, 0.6) is 0 Å². The van der Waals surface area contributed by atoms with E-state index in [1.165, 1.54) is 0 Å². The maximum atomic E-state index is 10.9. The minimum Gasteiger partial charge on any atom is -0.392 e. The highest BCUT2D eigenvalue weighted by Crippen LogP contribution is 2.16. The number of hydrogen-bond donors (Lipinski definition) is 2. The first-order valence-corrected chi connectivity index (χ1v) is 4.39. The van der Waals surface area contributed by atoms with Gasteiger partial charge in [-0.15, -0.1) is 0 Å². The summed E-state index contributed by atoms with van der Waals surface area (Å²) >= 11 is 4.84. The molecule has 1 aliphatic heterocycles. The number of amides is 2. The maximum Gasteiger partial charge on any atom is 0.315 e. The molecule has 2 amide bonds. The van der Waals surface area contributed by atoms with E-state index in [1.807, 2.05) is 0 Å². The number of nitrogens with zero attached hydrogens (tertiary/aromatic N) is 1. The minimum atomic E-state index is -0.424. The summed E-state index contributed by atoms with van der Waals surface area (Å²) in [5.41, 5.74) is 10.6. The van der Waals surface area contributed by atoms with Crippen LogP contribution in [0.1, 0.15) is 19.3 Å². The Morgan fingerprint density at radius 3 is 2.50 bits per heavy atom. The first kappa shape index (κ1) is 9.25. The second-order valence-electron chi connectivity index (χ2n) is 2.95. The fraction of sp³-hybridized carbons (Fsp3) is 0.714. The van der Waals surface area contributed by atoms with Crippen molar-refractivity contribution in [1.29, 1.82) is 0 Å². The summed E-state index contributed by atoms with van der Waals surface area (Å²) in [6, 6.07) is -0.543. The Labute approximate surface area is 76.9 Å². The Kier molecular flexibility index (Phi) is 2.86. The van der Waals surface area contributed by atoms with Crippen molar-refractivity contribution in [3.05, 3.63) is 0 Å². The van der Waals surface area contributed by atoms with E-state index in [-0.39, 0.29) is 6.04 Å². The SMILES string of the molecule is NC(=O)N1CCCCC1C(N)=S. The third kappa shape index (κ3) is 1.85. The van der Waals surface area contributed by atoms with Crippen LogP contribution in [0.2, 0.25) is 0 Å². The van der Waals surface area contributed by atoms with Gasteiger partial charge in [-0.25, -0.2) is 4.79 Å². The number of primary amides is 1. The van der Waals surface area contributed by atoms with Gasteiger partial charge >= 0.3 is 6.03 Å². The first-order valence-electron chi connectivity index (χ1n) is 3.98. The Balaban J connectivity index is 2.67. The average molecular weight is 187 g/mol. The molecule has 68 valence electrons. The van der Waals surface area contributed by atoms with Crippen LogP contribution in [0.15, 0.2) is 0 Å². The number of urea groups is 1. The van der Waals surface area contributed by atoms with Gasteiger partial charge in [0.15, 0.2) is 0 Å². The number of piperidine rings is 1. The fourth-order valence-corrected chi connectivity index (χ4v) is 1.74. The van der Waals surface area contributed by atoms with E-state index >= 15 is 0 Å². The van der Waals surface area contributed by atoms with Crippen LogP contribution in [0.25, 0.3) is 0 Å². The highest BCUT2D eigenvalue weighted by Gasteiger charge is 2.26. The molecule has 4 N–H and O–H groups in total. The highest BCUT2D eigenvalue weighted by molar-refractivity contribution is 7.80. The van der Waals surface area contributed by atoms with E-state index in [2.05, 4.69) is 0 Å². The molecule has 5 heteroatoms. The molecule has 1 heterocycles. The molecule has 0 aromatic rings. The molecule has 1 saturated heterocycles. The zero-order valence-corrected chi connectivity index (χ0v) is 7.64. The molecule has 0 saturated carbocycles. The van der Waals surface area contributed by atoms with Gasteiger partial charge < -0.3 is 16.4 Å². The molecule has 1 unspecified atom stereocenters. The van der Waals surface area contributed by atoms with Crippen molar-refractivity contribution in [3.8, 4) is 0 Å². The van der Waals surface area contributed by atoms with Gasteiger partial charge in [0.25, 0.3) is 0 Å². The van der Waals surface area contributed by atoms with Crippen LogP contribution in [0, 0.1) is 0 Å². The standard InChI is InChI=1S/C7H13N3OS/c8-6(12)5-3-1-2-4-10(5)7(9)11/h5H,1-4H2,(H2,8,12)(H2,9,11). The number of thiocarbonyl (C=S) groups is 1. The third-order valence-corrected chi connectivity index (χ3v) is 2.39. The molecule has 0 spiro atoms. The smallest absolute Gasteiger partial charge is 0.315 e. The van der Waals surface area contributed by atoms with Gasteiger partial charge in [-0.3, -0.25) is 0 Å². The second-order valence-corrected chi connectivity index (χ2v) is 3.42. The molecule has 0 radical (unpaired) electrons. The quantitative estimate of drug-likeness (QED) is 0.576. The van der Waals surface area contributed by atoms with Gasteiger partial charge in [-0.2, -0.15) is 0 Å². The van der Waals surface area contributed by atoms with Gasteiger partial charge in [-0.1, -0.05) is 12.2 Å². The Bertz CT molecular complexity index is 185. The number of nitrogens with two attached hydrogens (primary N) is 2. The first-order chi connectivity index (χ1) is 5.63. The molecule has 4 nitrogen and oxygen atoms in total. The highest BCUT2D eigenvalue weighted by atomic mass is 32.1. The molecule has 0 aromatic heterocycles. The van der Waals surface area contributed by atoms with E-state index in [0.717, 1.165) is 19.3 Å². The summed E-state index contributed by atoms with van der Waals surface area (Å²) in [5.74, 6) is 0. The van der Waals surface area contributed by atoms with Crippen LogP contribution in [0.3, 0.4) is 0 Å². The van der Waals surface area contributed by atoms with Crippen molar-refractivity contribution in [2.24, 2.45) is 11.5 Å². The molecule has 1 aliphatic rings. The number of rotatable bonds is 1. The van der Waals surface area contributed by atoms with Gasteiger partial charge in [-0.05, 0) is 19.3 Å². The molecule has 0 aliphatic carbocycles. The summed E-state index contributed by atoms with van der Waals surface area (Å²) in [4.78, 5) is 12.8. The van der Waals surface area contributed by atoms with Crippen LogP contribution < -0.4 is 11.5 Å². The van der Waals surface area contributed by atoms with Gasteiger partial charge in [0.2, 0.25) is 0 Å². The monoisotopic (exact) mass is 187 g/mol. The summed E-state index contributed by atoms with van der Waals surface area (Å²) in [5, 5.41) is 0. The minimum absolute atomic E-state index is 0.119. The van der Waals surface area contributed by atoms with Crippen LogP contribution in [-0.2, 0) is 0 Å². The average Bonchev–Trinajstić information content (AvgIpc) is 2.04. The Hall–Kier alpha value is -0.840. The summed E-state index contributed by atoms with van der Waals surface area (Å²) < 4.78 is 0. The fourth-order valence-electron chi connectivity index (χ4n) is 1.49. The molecule has 1 atom stereocenters. The lowest BCUT2D eigenvalue weighted by molar-refractivity contribution is 0.182. The topological polar surface area (TPSA) is 72.4 Å². The van der Waals surface area contributed by atoms with Crippen LogP contribution in [-0.4, -0.2) is 28.5 Å². The van der Waals surface area contributed by atoms with Crippen LogP contribution in [0.4, 0.5) is 4.79 Å². The molecular formula is C7H13N3OS. The molecular weight excluding hydrogens is 174 g/mol. The van der Waals surface area contributed by atoms with Crippen molar-refractivity contribution in [1.82, 2.24) is 4.90 Å². The number of likely N-dealkylation sites (tertiary alicyclic amines) is 1. The number of carbonyl (C=O) groups excluding carboxylic acids is 1. The second kappa shape index (κ2) is 3.71. The van der Waals surface area contributed by atoms with Crippen molar-refractivity contribution in [2.75, 3.05) is 6.54 Å². The van der Waals surface area contributed by atoms with Crippen molar-refractivity contribution in [3.63, 3.8) is 0 Å². The molecule has 1 rings (SSSR count). The summed E-state index contributed by atoms with van der Waals surface area (Å²) in [7, 11) is 0. The summed E-state index contributed by atoms with van der Waals surface area (Å²) in [6.45, 7) is 0.678. The lowest BCUT2D eigenvalue weighted by Gasteiger charge is -2.33. The van der Waals surface area contributed by atoms with Crippen molar-refractivity contribution in [2.45, 2.75) is 25.3 Å². The van der Waals surface area contributed by atoms with E-state index in [1.54, 1.807) is 4.90 Å². The normalized spacial score (nSPS) is 23.7.